The minimum atomic E-state index is -0.111. The third-order valence-corrected chi connectivity index (χ3v) is 5.40. The molecule has 29 heavy (non-hydrogen) atoms. The average molecular weight is 420 g/mol. The van der Waals surface area contributed by atoms with Crippen LogP contribution in [0.4, 0.5) is 0 Å². The first kappa shape index (κ1) is 23.4. The van der Waals surface area contributed by atoms with Crippen molar-refractivity contribution in [2.75, 3.05) is 6.54 Å². The Labute approximate surface area is 180 Å². The summed E-state index contributed by atoms with van der Waals surface area (Å²) in [6.45, 7) is 11.8. The van der Waals surface area contributed by atoms with Gasteiger partial charge in [0.1, 0.15) is 0 Å². The van der Waals surface area contributed by atoms with Crippen molar-refractivity contribution in [2.45, 2.75) is 77.8 Å². The fourth-order valence-electron chi connectivity index (χ4n) is 3.77. The third kappa shape index (κ3) is 5.58. The van der Waals surface area contributed by atoms with Crippen molar-refractivity contribution in [3.05, 3.63) is 41.2 Å². The minimum Gasteiger partial charge on any atom is -0.348 e. The molecule has 3 rings (SSSR count). The molecule has 7 heteroatoms. The Morgan fingerprint density at radius 1 is 1.28 bits per heavy atom. The highest BCUT2D eigenvalue weighted by molar-refractivity contribution is 5.93. The van der Waals surface area contributed by atoms with Crippen LogP contribution in [0, 0.1) is 0 Å². The zero-order valence-electron chi connectivity index (χ0n) is 18.2. The van der Waals surface area contributed by atoms with Gasteiger partial charge in [-0.1, -0.05) is 51.5 Å². The number of piperidine rings is 1. The van der Waals surface area contributed by atoms with E-state index in [0.29, 0.717) is 11.7 Å². The topological polar surface area (TPSA) is 71.8 Å². The maximum absolute atomic E-state index is 12.9. The summed E-state index contributed by atoms with van der Waals surface area (Å²) in [6.07, 6.45) is 3.58. The van der Waals surface area contributed by atoms with Crippen LogP contribution < -0.4 is 10.6 Å². The lowest BCUT2D eigenvalue weighted by Crippen LogP contribution is -2.46. The molecule has 2 N–H and O–H groups in total. The smallest absolute Gasteiger partial charge is 0.273 e. The molecule has 0 radical (unpaired) electrons. The zero-order valence-corrected chi connectivity index (χ0v) is 19.0. The van der Waals surface area contributed by atoms with Gasteiger partial charge in [0.2, 0.25) is 0 Å². The summed E-state index contributed by atoms with van der Waals surface area (Å²) in [5, 5.41) is 15.1. The molecule has 160 valence electrons. The van der Waals surface area contributed by atoms with E-state index in [0.717, 1.165) is 43.6 Å². The van der Waals surface area contributed by atoms with Gasteiger partial charge in [0.05, 0.1) is 11.4 Å². The SMILES string of the molecule is CCCc1c(C(=O)NC2CCNC(C)C2)nnn1-c1ccc(C(C)(C)C)cc1.Cl. The van der Waals surface area contributed by atoms with Crippen molar-refractivity contribution in [3.8, 4) is 5.69 Å². The van der Waals surface area contributed by atoms with Gasteiger partial charge in [-0.05, 0) is 55.8 Å². The molecule has 2 unspecified atom stereocenters. The monoisotopic (exact) mass is 419 g/mol. The van der Waals surface area contributed by atoms with E-state index in [9.17, 15) is 4.79 Å². The maximum Gasteiger partial charge on any atom is 0.273 e. The van der Waals surface area contributed by atoms with E-state index >= 15 is 0 Å². The fourth-order valence-corrected chi connectivity index (χ4v) is 3.77. The number of nitrogens with zero attached hydrogens (tertiary/aromatic N) is 3. The van der Waals surface area contributed by atoms with E-state index in [4.69, 9.17) is 0 Å². The predicted molar refractivity (Wildman–Crippen MR) is 119 cm³/mol. The van der Waals surface area contributed by atoms with Crippen LogP contribution in [0.3, 0.4) is 0 Å². The van der Waals surface area contributed by atoms with Crippen molar-refractivity contribution in [2.24, 2.45) is 0 Å². The molecule has 0 spiro atoms. The van der Waals surface area contributed by atoms with Crippen molar-refractivity contribution in [1.82, 2.24) is 25.6 Å². The Balaban J connectivity index is 0.00000300. The highest BCUT2D eigenvalue weighted by atomic mass is 35.5. The Morgan fingerprint density at radius 2 is 1.97 bits per heavy atom. The van der Waals surface area contributed by atoms with Crippen molar-refractivity contribution >= 4 is 18.3 Å². The van der Waals surface area contributed by atoms with E-state index in [2.05, 4.69) is 79.8 Å². The van der Waals surface area contributed by atoms with Crippen molar-refractivity contribution in [3.63, 3.8) is 0 Å². The van der Waals surface area contributed by atoms with Crippen LogP contribution >= 0.6 is 12.4 Å². The summed E-state index contributed by atoms with van der Waals surface area (Å²) in [4.78, 5) is 12.9. The molecule has 6 nitrogen and oxygen atoms in total. The second kappa shape index (κ2) is 9.72. The van der Waals surface area contributed by atoms with Gasteiger partial charge in [0.25, 0.3) is 5.91 Å². The molecular weight excluding hydrogens is 386 g/mol. The largest absolute Gasteiger partial charge is 0.348 e. The molecule has 1 aliphatic rings. The Morgan fingerprint density at radius 3 is 2.55 bits per heavy atom. The van der Waals surface area contributed by atoms with Gasteiger partial charge < -0.3 is 10.6 Å². The van der Waals surface area contributed by atoms with Crippen molar-refractivity contribution in [1.29, 1.82) is 0 Å². The first-order chi connectivity index (χ1) is 13.3. The number of nitrogens with one attached hydrogen (secondary N) is 2. The minimum absolute atomic E-state index is 0. The summed E-state index contributed by atoms with van der Waals surface area (Å²) in [7, 11) is 0. The number of benzene rings is 1. The second-order valence-electron chi connectivity index (χ2n) is 8.89. The third-order valence-electron chi connectivity index (χ3n) is 5.40. The van der Waals surface area contributed by atoms with E-state index in [-0.39, 0.29) is 29.8 Å². The Hall–Kier alpha value is -1.92. The quantitative estimate of drug-likeness (QED) is 0.772. The van der Waals surface area contributed by atoms with E-state index in [1.165, 1.54) is 5.56 Å². The Bertz CT molecular complexity index is 810. The molecule has 1 saturated heterocycles. The molecule has 1 aromatic heterocycles. The number of carbonyl (C=O) groups excluding carboxylic acids is 1. The van der Waals surface area contributed by atoms with Gasteiger partial charge in [-0.25, -0.2) is 4.68 Å². The van der Waals surface area contributed by atoms with E-state index in [1.807, 2.05) is 4.68 Å². The van der Waals surface area contributed by atoms with Crippen LogP contribution in [-0.4, -0.2) is 39.5 Å². The molecule has 2 heterocycles. The van der Waals surface area contributed by atoms with Gasteiger partial charge in [0.15, 0.2) is 5.69 Å². The van der Waals surface area contributed by atoms with Crippen LogP contribution in [0.1, 0.15) is 75.6 Å². The zero-order chi connectivity index (χ0) is 20.3. The number of hydrogen-bond acceptors (Lipinski definition) is 4. The van der Waals surface area contributed by atoms with Crippen LogP contribution in [0.5, 0.6) is 0 Å². The Kier molecular flexibility index (Phi) is 7.83. The summed E-state index contributed by atoms with van der Waals surface area (Å²) in [6, 6.07) is 8.99. The number of amides is 1. The number of halogens is 1. The van der Waals surface area contributed by atoms with Gasteiger partial charge in [-0.15, -0.1) is 17.5 Å². The number of aromatic nitrogens is 3. The summed E-state index contributed by atoms with van der Waals surface area (Å²) >= 11 is 0. The molecule has 2 atom stereocenters. The van der Waals surface area contributed by atoms with E-state index in [1.54, 1.807) is 0 Å². The molecular formula is C22H34ClN5O. The number of hydrogen-bond donors (Lipinski definition) is 2. The fraction of sp³-hybridized carbons (Fsp3) is 0.591. The molecule has 1 aromatic carbocycles. The molecule has 0 bridgehead atoms. The van der Waals surface area contributed by atoms with Gasteiger partial charge >= 0.3 is 0 Å². The summed E-state index contributed by atoms with van der Waals surface area (Å²) in [5.74, 6) is -0.111. The molecule has 1 aliphatic heterocycles. The lowest BCUT2D eigenvalue weighted by atomic mass is 9.87. The second-order valence-corrected chi connectivity index (χ2v) is 8.89. The molecule has 2 aromatic rings. The lowest BCUT2D eigenvalue weighted by Gasteiger charge is -2.28. The van der Waals surface area contributed by atoms with Crippen LogP contribution in [0.15, 0.2) is 24.3 Å². The highest BCUT2D eigenvalue weighted by Crippen LogP contribution is 2.24. The van der Waals surface area contributed by atoms with Gasteiger partial charge in [0, 0.05) is 12.1 Å². The van der Waals surface area contributed by atoms with Crippen LogP contribution in [0.25, 0.3) is 5.69 Å². The molecule has 0 saturated carbocycles. The van der Waals surface area contributed by atoms with Gasteiger partial charge in [-0.3, -0.25) is 4.79 Å². The highest BCUT2D eigenvalue weighted by Gasteiger charge is 2.25. The summed E-state index contributed by atoms with van der Waals surface area (Å²) in [5.41, 5.74) is 3.65. The maximum atomic E-state index is 12.9. The van der Waals surface area contributed by atoms with Crippen LogP contribution in [0.2, 0.25) is 0 Å². The van der Waals surface area contributed by atoms with Crippen molar-refractivity contribution < 1.29 is 4.79 Å². The molecule has 1 fully saturated rings. The average Bonchev–Trinajstić information content (AvgIpc) is 3.05. The van der Waals surface area contributed by atoms with E-state index < -0.39 is 0 Å². The first-order valence-electron chi connectivity index (χ1n) is 10.4. The predicted octanol–water partition coefficient (Wildman–Crippen LogP) is 3.81. The molecule has 1 amide bonds. The number of rotatable bonds is 5. The summed E-state index contributed by atoms with van der Waals surface area (Å²) < 4.78 is 1.82. The van der Waals surface area contributed by atoms with Gasteiger partial charge in [-0.2, -0.15) is 0 Å². The first-order valence-corrected chi connectivity index (χ1v) is 10.4. The number of carbonyl (C=O) groups is 1. The molecule has 0 aliphatic carbocycles. The standard InChI is InChI=1S/C22H33N5O.ClH/c1-6-7-19-20(21(28)24-17-12-13-23-15(2)14-17)25-26-27(19)18-10-8-16(9-11-18)22(3,4)5;/h8-11,15,17,23H,6-7,12-14H2,1-5H3,(H,24,28);1H. The normalized spacial score (nSPS) is 19.5. The van der Waals surface area contributed by atoms with Crippen LogP contribution in [-0.2, 0) is 11.8 Å². The lowest BCUT2D eigenvalue weighted by molar-refractivity contribution is 0.0919.